The minimum atomic E-state index is 0.554. The lowest BCUT2D eigenvalue weighted by Crippen LogP contribution is -2.08. The number of hydrogen-bond acceptors (Lipinski definition) is 2. The molecule has 1 aromatic rings. The molecule has 0 saturated carbocycles. The summed E-state index contributed by atoms with van der Waals surface area (Å²) in [5.74, 6) is 0.655. The zero-order valence-electron chi connectivity index (χ0n) is 9.46. The van der Waals surface area contributed by atoms with E-state index in [0.29, 0.717) is 12.4 Å². The largest absolute Gasteiger partial charge is 0.387 e. The van der Waals surface area contributed by atoms with Crippen LogP contribution in [0.2, 0.25) is 0 Å². The summed E-state index contributed by atoms with van der Waals surface area (Å²) in [5, 5.41) is 0. The Balaban J connectivity index is 3.03. The van der Waals surface area contributed by atoms with Crippen LogP contribution >= 0.6 is 0 Å². The fourth-order valence-corrected chi connectivity index (χ4v) is 1.46. The van der Waals surface area contributed by atoms with E-state index in [1.165, 1.54) is 5.56 Å². The SMILES string of the molecule is CCC(N)=Nc1ccc(CC)c(CN)c1. The number of benzene rings is 1. The van der Waals surface area contributed by atoms with E-state index < -0.39 is 0 Å². The van der Waals surface area contributed by atoms with Crippen LogP contribution < -0.4 is 11.5 Å². The molecule has 0 atom stereocenters. The normalized spacial score (nSPS) is 11.8. The molecule has 1 aromatic carbocycles. The first-order valence-electron chi connectivity index (χ1n) is 5.36. The summed E-state index contributed by atoms with van der Waals surface area (Å²) in [6.07, 6.45) is 1.77. The quantitative estimate of drug-likeness (QED) is 0.584. The molecule has 0 radical (unpaired) electrons. The summed E-state index contributed by atoms with van der Waals surface area (Å²) in [6, 6.07) is 6.08. The Morgan fingerprint density at radius 3 is 2.53 bits per heavy atom. The number of rotatable bonds is 4. The maximum atomic E-state index is 5.69. The predicted molar refractivity (Wildman–Crippen MR) is 65.3 cm³/mol. The van der Waals surface area contributed by atoms with Gasteiger partial charge in [-0.05, 0) is 29.7 Å². The van der Waals surface area contributed by atoms with Gasteiger partial charge in [-0.25, -0.2) is 4.99 Å². The Bertz CT molecular complexity index is 356. The highest BCUT2D eigenvalue weighted by atomic mass is 14.8. The Kier molecular flexibility index (Phi) is 4.31. The van der Waals surface area contributed by atoms with Crippen molar-refractivity contribution in [2.75, 3.05) is 0 Å². The second-order valence-electron chi connectivity index (χ2n) is 3.47. The standard InChI is InChI=1S/C12H19N3/c1-3-9-5-6-11(7-10(9)8-13)15-12(14)4-2/h5-7H,3-4,8,13H2,1-2H3,(H2,14,15). The summed E-state index contributed by atoms with van der Waals surface area (Å²) in [5.41, 5.74) is 14.7. The average molecular weight is 205 g/mol. The molecule has 0 saturated heterocycles. The molecule has 0 bridgehead atoms. The van der Waals surface area contributed by atoms with E-state index in [2.05, 4.69) is 18.0 Å². The third-order valence-corrected chi connectivity index (χ3v) is 2.43. The van der Waals surface area contributed by atoms with E-state index in [0.717, 1.165) is 24.1 Å². The van der Waals surface area contributed by atoms with Crippen molar-refractivity contribution in [2.24, 2.45) is 16.5 Å². The van der Waals surface area contributed by atoms with Gasteiger partial charge in [0.1, 0.15) is 0 Å². The lowest BCUT2D eigenvalue weighted by molar-refractivity contribution is 1.00. The van der Waals surface area contributed by atoms with Crippen molar-refractivity contribution >= 4 is 11.5 Å². The fraction of sp³-hybridized carbons (Fsp3) is 0.417. The number of aryl methyl sites for hydroxylation is 1. The Hall–Kier alpha value is -1.35. The minimum Gasteiger partial charge on any atom is -0.387 e. The maximum Gasteiger partial charge on any atom is 0.0993 e. The number of hydrogen-bond donors (Lipinski definition) is 2. The third kappa shape index (κ3) is 3.06. The molecule has 0 heterocycles. The topological polar surface area (TPSA) is 64.4 Å². The summed E-state index contributed by atoms with van der Waals surface area (Å²) in [7, 11) is 0. The van der Waals surface area contributed by atoms with Crippen molar-refractivity contribution in [2.45, 2.75) is 33.2 Å². The van der Waals surface area contributed by atoms with Crippen LogP contribution in [-0.2, 0) is 13.0 Å². The van der Waals surface area contributed by atoms with E-state index in [1.54, 1.807) is 0 Å². The molecule has 0 aromatic heterocycles. The van der Waals surface area contributed by atoms with Crippen LogP contribution in [0.4, 0.5) is 5.69 Å². The first-order chi connectivity index (χ1) is 7.21. The lowest BCUT2D eigenvalue weighted by Gasteiger charge is -2.06. The van der Waals surface area contributed by atoms with Crippen LogP contribution in [0.5, 0.6) is 0 Å². The second kappa shape index (κ2) is 5.51. The second-order valence-corrected chi connectivity index (χ2v) is 3.47. The number of amidine groups is 1. The van der Waals surface area contributed by atoms with E-state index >= 15 is 0 Å². The first kappa shape index (κ1) is 11.7. The van der Waals surface area contributed by atoms with E-state index in [1.807, 2.05) is 19.1 Å². The summed E-state index contributed by atoms with van der Waals surface area (Å²) in [4.78, 5) is 4.30. The van der Waals surface area contributed by atoms with Crippen LogP contribution in [0.3, 0.4) is 0 Å². The first-order valence-corrected chi connectivity index (χ1v) is 5.36. The van der Waals surface area contributed by atoms with E-state index in [4.69, 9.17) is 11.5 Å². The molecule has 0 aliphatic rings. The number of nitrogens with two attached hydrogens (primary N) is 2. The zero-order valence-corrected chi connectivity index (χ0v) is 9.46. The van der Waals surface area contributed by atoms with Crippen molar-refractivity contribution in [3.05, 3.63) is 29.3 Å². The molecular formula is C12H19N3. The van der Waals surface area contributed by atoms with Gasteiger partial charge in [-0.1, -0.05) is 19.9 Å². The summed E-state index contributed by atoms with van der Waals surface area (Å²) in [6.45, 7) is 4.67. The van der Waals surface area contributed by atoms with Gasteiger partial charge in [-0.15, -0.1) is 0 Å². The molecule has 4 N–H and O–H groups in total. The highest BCUT2D eigenvalue weighted by Gasteiger charge is 2.00. The van der Waals surface area contributed by atoms with Gasteiger partial charge in [-0.2, -0.15) is 0 Å². The Morgan fingerprint density at radius 1 is 1.27 bits per heavy atom. The van der Waals surface area contributed by atoms with Gasteiger partial charge < -0.3 is 11.5 Å². The molecule has 82 valence electrons. The van der Waals surface area contributed by atoms with Gasteiger partial charge in [0.2, 0.25) is 0 Å². The molecule has 0 amide bonds. The highest BCUT2D eigenvalue weighted by molar-refractivity contribution is 5.82. The van der Waals surface area contributed by atoms with Crippen molar-refractivity contribution in [1.82, 2.24) is 0 Å². The fourth-order valence-electron chi connectivity index (χ4n) is 1.46. The zero-order chi connectivity index (χ0) is 11.3. The number of nitrogens with zero attached hydrogens (tertiary/aromatic N) is 1. The van der Waals surface area contributed by atoms with Crippen molar-refractivity contribution in [1.29, 1.82) is 0 Å². The van der Waals surface area contributed by atoms with Gasteiger partial charge in [-0.3, -0.25) is 0 Å². The molecule has 0 aliphatic heterocycles. The van der Waals surface area contributed by atoms with Crippen LogP contribution in [0, 0.1) is 0 Å². The van der Waals surface area contributed by atoms with Gasteiger partial charge in [0, 0.05) is 13.0 Å². The lowest BCUT2D eigenvalue weighted by atomic mass is 10.0. The van der Waals surface area contributed by atoms with Crippen LogP contribution in [0.15, 0.2) is 23.2 Å². The minimum absolute atomic E-state index is 0.554. The monoisotopic (exact) mass is 205 g/mol. The van der Waals surface area contributed by atoms with Crippen molar-refractivity contribution < 1.29 is 0 Å². The van der Waals surface area contributed by atoms with E-state index in [9.17, 15) is 0 Å². The molecule has 0 unspecified atom stereocenters. The molecular weight excluding hydrogens is 186 g/mol. The molecule has 3 heteroatoms. The molecule has 0 aliphatic carbocycles. The van der Waals surface area contributed by atoms with Crippen molar-refractivity contribution in [3.8, 4) is 0 Å². The molecule has 15 heavy (non-hydrogen) atoms. The van der Waals surface area contributed by atoms with Gasteiger partial charge in [0.25, 0.3) is 0 Å². The van der Waals surface area contributed by atoms with Gasteiger partial charge in [0.15, 0.2) is 0 Å². The average Bonchev–Trinajstić information content (AvgIpc) is 2.28. The number of aliphatic imine (C=N–C) groups is 1. The van der Waals surface area contributed by atoms with Crippen LogP contribution in [0.25, 0.3) is 0 Å². The van der Waals surface area contributed by atoms with E-state index in [-0.39, 0.29) is 0 Å². The maximum absolute atomic E-state index is 5.69. The van der Waals surface area contributed by atoms with Crippen LogP contribution in [0.1, 0.15) is 31.4 Å². The van der Waals surface area contributed by atoms with Gasteiger partial charge >= 0.3 is 0 Å². The summed E-state index contributed by atoms with van der Waals surface area (Å²) < 4.78 is 0. The third-order valence-electron chi connectivity index (χ3n) is 2.43. The van der Waals surface area contributed by atoms with Crippen molar-refractivity contribution in [3.63, 3.8) is 0 Å². The molecule has 3 nitrogen and oxygen atoms in total. The van der Waals surface area contributed by atoms with Gasteiger partial charge in [0.05, 0.1) is 11.5 Å². The molecule has 1 rings (SSSR count). The van der Waals surface area contributed by atoms with Crippen LogP contribution in [-0.4, -0.2) is 5.84 Å². The summed E-state index contributed by atoms with van der Waals surface area (Å²) >= 11 is 0. The predicted octanol–water partition coefficient (Wildman–Crippen LogP) is 2.11. The smallest absolute Gasteiger partial charge is 0.0993 e. The Labute approximate surface area is 91.2 Å². The molecule has 0 spiro atoms. The molecule has 0 fully saturated rings. The highest BCUT2D eigenvalue weighted by Crippen LogP contribution is 2.18. The Morgan fingerprint density at radius 2 is 2.00 bits per heavy atom.